The topological polar surface area (TPSA) is 153 Å². The Morgan fingerprint density at radius 2 is 1.95 bits per heavy atom. The SMILES string of the molecule is CCOC(=O)CC(c1ccc(OC)c(C(C)N2CC=C(O)OS2(=O)=O)c1)c1ccc2c(nnn2CCCCCO)c1C. The number of benzene rings is 2. The quantitative estimate of drug-likeness (QED) is 0.217. The van der Waals surface area contributed by atoms with Crippen LogP contribution in [0.15, 0.2) is 42.4 Å². The second-order valence-electron chi connectivity index (χ2n) is 10.1. The number of carbonyl (C=O) groups excluding carboxylic acids is 1. The summed E-state index contributed by atoms with van der Waals surface area (Å²) in [5, 5.41) is 27.4. The smallest absolute Gasteiger partial charge is 0.388 e. The van der Waals surface area contributed by atoms with Crippen molar-refractivity contribution in [3.63, 3.8) is 0 Å². The Bertz CT molecular complexity index is 1550. The van der Waals surface area contributed by atoms with Gasteiger partial charge in [0.1, 0.15) is 11.3 Å². The van der Waals surface area contributed by atoms with Crippen molar-refractivity contribution in [1.82, 2.24) is 19.3 Å². The third-order valence-electron chi connectivity index (χ3n) is 7.52. The monoisotopic (exact) mass is 602 g/mol. The molecule has 1 aromatic heterocycles. The van der Waals surface area contributed by atoms with Gasteiger partial charge in [0.05, 0.1) is 31.7 Å². The summed E-state index contributed by atoms with van der Waals surface area (Å²) < 4.78 is 44.0. The molecule has 12 nitrogen and oxygen atoms in total. The molecule has 0 saturated carbocycles. The van der Waals surface area contributed by atoms with Gasteiger partial charge in [0.2, 0.25) is 0 Å². The van der Waals surface area contributed by atoms with Crippen LogP contribution in [0.1, 0.15) is 73.7 Å². The predicted octanol–water partition coefficient (Wildman–Crippen LogP) is 4.03. The summed E-state index contributed by atoms with van der Waals surface area (Å²) >= 11 is 0. The van der Waals surface area contributed by atoms with Crippen LogP contribution in [0.2, 0.25) is 0 Å². The highest BCUT2D eigenvalue weighted by atomic mass is 32.2. The van der Waals surface area contributed by atoms with E-state index in [0.29, 0.717) is 17.9 Å². The number of carbonyl (C=O) groups is 1. The lowest BCUT2D eigenvalue weighted by atomic mass is 9.84. The molecule has 1 aliphatic heterocycles. The number of hydrogen-bond donors (Lipinski definition) is 2. The van der Waals surface area contributed by atoms with Crippen molar-refractivity contribution >= 4 is 27.3 Å². The molecule has 2 N–H and O–H groups in total. The zero-order chi connectivity index (χ0) is 30.4. The van der Waals surface area contributed by atoms with Gasteiger partial charge in [0, 0.05) is 37.3 Å². The average molecular weight is 603 g/mol. The second-order valence-corrected chi connectivity index (χ2v) is 11.6. The Morgan fingerprint density at radius 3 is 2.64 bits per heavy atom. The van der Waals surface area contributed by atoms with E-state index in [1.165, 1.54) is 13.2 Å². The lowest BCUT2D eigenvalue weighted by Crippen LogP contribution is -2.38. The zero-order valence-electron chi connectivity index (χ0n) is 24.3. The van der Waals surface area contributed by atoms with E-state index >= 15 is 0 Å². The minimum Gasteiger partial charge on any atom is -0.496 e. The maximum Gasteiger partial charge on any atom is 0.388 e. The number of aliphatic hydroxyl groups excluding tert-OH is 2. The summed E-state index contributed by atoms with van der Waals surface area (Å²) in [6, 6.07) is 8.65. The molecule has 42 heavy (non-hydrogen) atoms. The Labute approximate surface area is 245 Å². The molecule has 13 heteroatoms. The molecule has 0 spiro atoms. The molecule has 2 atom stereocenters. The molecule has 2 aromatic carbocycles. The fourth-order valence-corrected chi connectivity index (χ4v) is 6.46. The van der Waals surface area contributed by atoms with Gasteiger partial charge in [-0.15, -0.1) is 5.10 Å². The lowest BCUT2D eigenvalue weighted by molar-refractivity contribution is -0.143. The van der Waals surface area contributed by atoms with Crippen LogP contribution in [0.4, 0.5) is 0 Å². The summed E-state index contributed by atoms with van der Waals surface area (Å²) in [7, 11) is -2.74. The molecular weight excluding hydrogens is 564 g/mol. The van der Waals surface area contributed by atoms with E-state index in [9.17, 15) is 18.3 Å². The first-order valence-corrected chi connectivity index (χ1v) is 15.3. The number of rotatable bonds is 13. The first-order valence-electron chi connectivity index (χ1n) is 14.0. The number of unbranched alkanes of at least 4 members (excludes halogenated alkanes) is 2. The summed E-state index contributed by atoms with van der Waals surface area (Å²) in [6.07, 6.45) is 3.82. The molecule has 228 valence electrons. The van der Waals surface area contributed by atoms with Crippen LogP contribution in [0, 0.1) is 6.92 Å². The van der Waals surface area contributed by atoms with Crippen LogP contribution in [0.3, 0.4) is 0 Å². The van der Waals surface area contributed by atoms with Crippen molar-refractivity contribution in [3.05, 3.63) is 64.6 Å². The molecule has 4 rings (SSSR count). The van der Waals surface area contributed by atoms with Crippen LogP contribution in [-0.2, 0) is 30.6 Å². The van der Waals surface area contributed by atoms with Crippen LogP contribution in [0.5, 0.6) is 5.75 Å². The van der Waals surface area contributed by atoms with E-state index in [4.69, 9.17) is 18.8 Å². The van der Waals surface area contributed by atoms with Gasteiger partial charge in [0.15, 0.2) is 0 Å². The van der Waals surface area contributed by atoms with Crippen molar-refractivity contribution < 1.29 is 37.1 Å². The van der Waals surface area contributed by atoms with E-state index in [2.05, 4.69) is 10.3 Å². The van der Waals surface area contributed by atoms with Crippen molar-refractivity contribution in [3.8, 4) is 5.75 Å². The molecule has 0 radical (unpaired) electrons. The number of fused-ring (bicyclic) bond motifs is 1. The number of aliphatic hydroxyl groups is 2. The molecular formula is C29H38N4O8S. The number of methoxy groups -OCH3 is 1. The minimum atomic E-state index is -4.24. The van der Waals surface area contributed by atoms with E-state index in [-0.39, 0.29) is 32.1 Å². The standard InChI is InChI=1S/C29H38N4O8S/c1-5-40-28(36)18-24(22-10-11-25-29(19(22)2)30-31-32(25)14-7-6-8-16-34)21-9-12-26(39-4)23(17-21)20(3)33-15-13-27(35)41-42(33,37)38/h9-13,17,20,24,34-35H,5-8,14-16,18H2,1-4H3. The highest BCUT2D eigenvalue weighted by Crippen LogP contribution is 2.39. The molecule has 0 bridgehead atoms. The van der Waals surface area contributed by atoms with Crippen LogP contribution in [0.25, 0.3) is 11.0 Å². The Hall–Kier alpha value is -3.68. The summed E-state index contributed by atoms with van der Waals surface area (Å²) in [6.45, 7) is 6.41. The fraction of sp³-hybridized carbons (Fsp3) is 0.483. The third-order valence-corrected chi connectivity index (χ3v) is 8.94. The summed E-state index contributed by atoms with van der Waals surface area (Å²) in [5.41, 5.74) is 4.69. The summed E-state index contributed by atoms with van der Waals surface area (Å²) in [4.78, 5) is 12.8. The molecule has 0 aliphatic carbocycles. The van der Waals surface area contributed by atoms with Gasteiger partial charge in [-0.25, -0.2) is 4.68 Å². The second kappa shape index (κ2) is 13.5. The lowest BCUT2D eigenvalue weighted by Gasteiger charge is -2.30. The Balaban J connectivity index is 1.76. The third kappa shape index (κ3) is 6.69. The Kier molecular flexibility index (Phi) is 10.1. The molecule has 0 amide bonds. The van der Waals surface area contributed by atoms with Crippen molar-refractivity contribution in [2.24, 2.45) is 0 Å². The van der Waals surface area contributed by atoms with Crippen molar-refractivity contribution in [2.45, 2.75) is 65.0 Å². The van der Waals surface area contributed by atoms with Gasteiger partial charge < -0.3 is 23.9 Å². The summed E-state index contributed by atoms with van der Waals surface area (Å²) in [5.74, 6) is -1.00. The number of nitrogens with zero attached hydrogens (tertiary/aromatic N) is 4. The maximum atomic E-state index is 12.8. The van der Waals surface area contributed by atoms with E-state index in [1.807, 2.05) is 35.9 Å². The number of aryl methyl sites for hydroxylation is 2. The predicted molar refractivity (Wildman–Crippen MR) is 155 cm³/mol. The van der Waals surface area contributed by atoms with Gasteiger partial charge >= 0.3 is 16.3 Å². The highest BCUT2D eigenvalue weighted by Gasteiger charge is 2.35. The maximum absolute atomic E-state index is 12.8. The molecule has 1 aliphatic rings. The molecule has 0 fully saturated rings. The molecule has 2 heterocycles. The molecule has 2 unspecified atom stereocenters. The van der Waals surface area contributed by atoms with Gasteiger partial charge in [-0.3, -0.25) is 4.79 Å². The number of esters is 1. The normalized spacial score (nSPS) is 16.5. The van der Waals surface area contributed by atoms with E-state index in [1.54, 1.807) is 19.9 Å². The molecule has 3 aromatic rings. The van der Waals surface area contributed by atoms with Gasteiger partial charge in [-0.05, 0) is 74.9 Å². The Morgan fingerprint density at radius 1 is 1.17 bits per heavy atom. The largest absolute Gasteiger partial charge is 0.496 e. The van der Waals surface area contributed by atoms with Crippen molar-refractivity contribution in [2.75, 3.05) is 26.9 Å². The zero-order valence-corrected chi connectivity index (χ0v) is 25.1. The number of hydrogen-bond acceptors (Lipinski definition) is 10. The molecule has 0 saturated heterocycles. The van der Waals surface area contributed by atoms with Crippen LogP contribution < -0.4 is 4.74 Å². The first kappa shape index (κ1) is 31.3. The van der Waals surface area contributed by atoms with Crippen LogP contribution >= 0.6 is 0 Å². The number of aromatic nitrogens is 3. The average Bonchev–Trinajstić information content (AvgIpc) is 3.37. The van der Waals surface area contributed by atoms with Gasteiger partial charge in [-0.1, -0.05) is 17.3 Å². The minimum absolute atomic E-state index is 0.0529. The van der Waals surface area contributed by atoms with Crippen LogP contribution in [-0.4, -0.2) is 70.8 Å². The van der Waals surface area contributed by atoms with Gasteiger partial charge in [0.25, 0.3) is 5.95 Å². The van der Waals surface area contributed by atoms with E-state index < -0.39 is 28.2 Å². The van der Waals surface area contributed by atoms with E-state index in [0.717, 1.165) is 51.3 Å². The fourth-order valence-electron chi connectivity index (χ4n) is 5.32. The van der Waals surface area contributed by atoms with Gasteiger partial charge in [-0.2, -0.15) is 12.7 Å². The first-order chi connectivity index (χ1) is 20.1. The van der Waals surface area contributed by atoms with Crippen molar-refractivity contribution in [1.29, 1.82) is 0 Å². The highest BCUT2D eigenvalue weighted by molar-refractivity contribution is 7.84. The number of ether oxygens (including phenoxy) is 2.